The standard InChI is InChI=1S/C12H24N2O/c1-11(2)5-10(12(3,4)15-11)14-7-9(6-13)8-14/h9-10H,5-8,13H2,1-4H3. The molecule has 88 valence electrons. The van der Waals surface area contributed by atoms with Crippen LogP contribution in [0.3, 0.4) is 0 Å². The van der Waals surface area contributed by atoms with Crippen molar-refractivity contribution >= 4 is 0 Å². The molecule has 1 atom stereocenters. The molecule has 0 aliphatic carbocycles. The fourth-order valence-corrected chi connectivity index (χ4v) is 3.12. The maximum Gasteiger partial charge on any atom is 0.0789 e. The second-order valence-corrected chi connectivity index (χ2v) is 6.24. The molecule has 2 fully saturated rings. The van der Waals surface area contributed by atoms with Crippen molar-refractivity contribution in [2.75, 3.05) is 19.6 Å². The molecule has 0 aromatic heterocycles. The third-order valence-electron chi connectivity index (χ3n) is 3.79. The number of hydrogen-bond acceptors (Lipinski definition) is 3. The maximum atomic E-state index is 6.10. The first-order chi connectivity index (χ1) is 6.84. The minimum Gasteiger partial charge on any atom is -0.368 e. The van der Waals surface area contributed by atoms with Crippen LogP contribution in [0.15, 0.2) is 0 Å². The molecule has 3 nitrogen and oxygen atoms in total. The first kappa shape index (κ1) is 11.4. The van der Waals surface area contributed by atoms with Gasteiger partial charge in [0.1, 0.15) is 0 Å². The van der Waals surface area contributed by atoms with Crippen LogP contribution in [-0.2, 0) is 4.74 Å². The lowest BCUT2D eigenvalue weighted by atomic mass is 9.88. The number of ether oxygens (including phenoxy) is 1. The average Bonchev–Trinajstić information content (AvgIpc) is 2.17. The molecule has 2 heterocycles. The van der Waals surface area contributed by atoms with Crippen molar-refractivity contribution in [3.63, 3.8) is 0 Å². The zero-order valence-electron chi connectivity index (χ0n) is 10.4. The van der Waals surface area contributed by atoms with E-state index in [1.54, 1.807) is 0 Å². The second-order valence-electron chi connectivity index (χ2n) is 6.24. The summed E-state index contributed by atoms with van der Waals surface area (Å²) in [6, 6.07) is 0.565. The quantitative estimate of drug-likeness (QED) is 0.748. The molecule has 1 unspecified atom stereocenters. The third kappa shape index (κ3) is 2.05. The second kappa shape index (κ2) is 3.44. The van der Waals surface area contributed by atoms with Crippen LogP contribution in [0, 0.1) is 5.92 Å². The van der Waals surface area contributed by atoms with Crippen LogP contribution in [0.4, 0.5) is 0 Å². The van der Waals surface area contributed by atoms with Gasteiger partial charge in [-0.3, -0.25) is 4.90 Å². The predicted molar refractivity (Wildman–Crippen MR) is 61.8 cm³/mol. The Labute approximate surface area is 93.0 Å². The summed E-state index contributed by atoms with van der Waals surface area (Å²) in [4.78, 5) is 2.53. The van der Waals surface area contributed by atoms with Crippen LogP contribution >= 0.6 is 0 Å². The molecule has 0 amide bonds. The lowest BCUT2D eigenvalue weighted by Crippen LogP contribution is -2.58. The molecule has 2 rings (SSSR count). The molecular formula is C12H24N2O. The molecule has 0 aromatic rings. The zero-order chi connectivity index (χ0) is 11.3. The molecule has 2 aliphatic heterocycles. The van der Waals surface area contributed by atoms with Gasteiger partial charge in [-0.2, -0.15) is 0 Å². The highest BCUT2D eigenvalue weighted by Gasteiger charge is 2.50. The highest BCUT2D eigenvalue weighted by molar-refractivity contribution is 5.03. The van der Waals surface area contributed by atoms with E-state index in [1.165, 1.54) is 0 Å². The fraction of sp³-hybridized carbons (Fsp3) is 1.00. The molecule has 2 N–H and O–H groups in total. The van der Waals surface area contributed by atoms with E-state index in [4.69, 9.17) is 10.5 Å². The molecule has 0 saturated carbocycles. The summed E-state index contributed by atoms with van der Waals surface area (Å²) in [6.45, 7) is 11.9. The highest BCUT2D eigenvalue weighted by atomic mass is 16.5. The van der Waals surface area contributed by atoms with Crippen molar-refractivity contribution in [1.29, 1.82) is 0 Å². The summed E-state index contributed by atoms with van der Waals surface area (Å²) in [5.41, 5.74) is 5.68. The molecule has 2 aliphatic rings. The Hall–Kier alpha value is -0.120. The number of nitrogens with two attached hydrogens (primary N) is 1. The molecule has 15 heavy (non-hydrogen) atoms. The molecule has 2 saturated heterocycles. The first-order valence-corrected chi connectivity index (χ1v) is 5.98. The van der Waals surface area contributed by atoms with E-state index in [1.807, 2.05) is 0 Å². The monoisotopic (exact) mass is 212 g/mol. The predicted octanol–water partition coefficient (Wildman–Crippen LogP) is 1.22. The normalized spacial score (nSPS) is 35.4. The Morgan fingerprint density at radius 2 is 1.87 bits per heavy atom. The zero-order valence-corrected chi connectivity index (χ0v) is 10.4. The third-order valence-corrected chi connectivity index (χ3v) is 3.79. The van der Waals surface area contributed by atoms with E-state index in [2.05, 4.69) is 32.6 Å². The van der Waals surface area contributed by atoms with Gasteiger partial charge >= 0.3 is 0 Å². The van der Waals surface area contributed by atoms with Crippen molar-refractivity contribution in [1.82, 2.24) is 4.90 Å². The molecule has 0 aromatic carbocycles. The minimum atomic E-state index is -0.0108. The molecule has 3 heteroatoms. The summed E-state index contributed by atoms with van der Waals surface area (Å²) in [7, 11) is 0. The van der Waals surface area contributed by atoms with Gasteiger partial charge in [0.15, 0.2) is 0 Å². The van der Waals surface area contributed by atoms with Gasteiger partial charge in [0.05, 0.1) is 11.2 Å². The Balaban J connectivity index is 1.99. The Morgan fingerprint density at radius 1 is 1.27 bits per heavy atom. The topological polar surface area (TPSA) is 38.5 Å². The largest absolute Gasteiger partial charge is 0.368 e. The maximum absolute atomic E-state index is 6.10. The molecule has 0 spiro atoms. The first-order valence-electron chi connectivity index (χ1n) is 5.98. The van der Waals surface area contributed by atoms with E-state index >= 15 is 0 Å². The van der Waals surface area contributed by atoms with E-state index in [-0.39, 0.29) is 11.2 Å². The van der Waals surface area contributed by atoms with Crippen LogP contribution < -0.4 is 5.73 Å². The van der Waals surface area contributed by atoms with Crippen LogP contribution in [0.25, 0.3) is 0 Å². The van der Waals surface area contributed by atoms with Gasteiger partial charge in [0.25, 0.3) is 0 Å². The van der Waals surface area contributed by atoms with Crippen LogP contribution in [0.5, 0.6) is 0 Å². The lowest BCUT2D eigenvalue weighted by Gasteiger charge is -2.46. The van der Waals surface area contributed by atoms with Crippen LogP contribution in [0.1, 0.15) is 34.1 Å². The van der Waals surface area contributed by atoms with Gasteiger partial charge in [-0.05, 0) is 46.6 Å². The van der Waals surface area contributed by atoms with E-state index < -0.39 is 0 Å². The van der Waals surface area contributed by atoms with Gasteiger partial charge in [0.2, 0.25) is 0 Å². The van der Waals surface area contributed by atoms with Crippen molar-refractivity contribution < 1.29 is 4.74 Å². The Morgan fingerprint density at radius 3 is 2.27 bits per heavy atom. The smallest absolute Gasteiger partial charge is 0.0789 e. The van der Waals surface area contributed by atoms with Crippen LogP contribution in [-0.4, -0.2) is 41.8 Å². The average molecular weight is 212 g/mol. The number of rotatable bonds is 2. The minimum absolute atomic E-state index is 0.0108. The van der Waals surface area contributed by atoms with E-state index in [0.717, 1.165) is 26.1 Å². The van der Waals surface area contributed by atoms with Crippen molar-refractivity contribution in [2.45, 2.75) is 51.4 Å². The van der Waals surface area contributed by atoms with Crippen LogP contribution in [0.2, 0.25) is 0 Å². The lowest BCUT2D eigenvalue weighted by molar-refractivity contribution is -0.0910. The van der Waals surface area contributed by atoms with Gasteiger partial charge in [-0.15, -0.1) is 0 Å². The fourth-order valence-electron chi connectivity index (χ4n) is 3.12. The van der Waals surface area contributed by atoms with Gasteiger partial charge < -0.3 is 10.5 Å². The summed E-state index contributed by atoms with van der Waals surface area (Å²) in [5, 5.41) is 0. The van der Waals surface area contributed by atoms with Gasteiger partial charge in [-0.1, -0.05) is 0 Å². The summed E-state index contributed by atoms with van der Waals surface area (Å²) < 4.78 is 6.10. The Bertz CT molecular complexity index is 244. The van der Waals surface area contributed by atoms with E-state index in [0.29, 0.717) is 12.0 Å². The molecular weight excluding hydrogens is 188 g/mol. The summed E-state index contributed by atoms with van der Waals surface area (Å²) in [5.74, 6) is 0.713. The van der Waals surface area contributed by atoms with Gasteiger partial charge in [-0.25, -0.2) is 0 Å². The number of hydrogen-bond donors (Lipinski definition) is 1. The van der Waals surface area contributed by atoms with E-state index in [9.17, 15) is 0 Å². The molecule has 0 bridgehead atoms. The SMILES string of the molecule is CC1(C)CC(N2CC(CN)C2)C(C)(C)O1. The summed E-state index contributed by atoms with van der Waals surface area (Å²) in [6.07, 6.45) is 1.14. The number of nitrogens with zero attached hydrogens (tertiary/aromatic N) is 1. The summed E-state index contributed by atoms with van der Waals surface area (Å²) >= 11 is 0. The van der Waals surface area contributed by atoms with Crippen molar-refractivity contribution in [2.24, 2.45) is 11.7 Å². The molecule has 0 radical (unpaired) electrons. The van der Waals surface area contributed by atoms with Gasteiger partial charge in [0, 0.05) is 19.1 Å². The Kier molecular flexibility index (Phi) is 2.61. The highest BCUT2D eigenvalue weighted by Crippen LogP contribution is 2.42. The number of likely N-dealkylation sites (tertiary alicyclic amines) is 1. The van der Waals surface area contributed by atoms with Crippen molar-refractivity contribution in [3.8, 4) is 0 Å². The van der Waals surface area contributed by atoms with Crippen molar-refractivity contribution in [3.05, 3.63) is 0 Å².